The number of hydrazine groups is 1. The minimum absolute atomic E-state index is 0.0227. The summed E-state index contributed by atoms with van der Waals surface area (Å²) in [6, 6.07) is 16.2. The number of hydrogen-bond donors (Lipinski definition) is 3. The maximum Gasteiger partial charge on any atom is 0.269 e. The molecule has 0 aliphatic heterocycles. The van der Waals surface area contributed by atoms with Crippen LogP contribution in [0.3, 0.4) is 0 Å². The second kappa shape index (κ2) is 12.2. The first-order valence-electron chi connectivity index (χ1n) is 9.71. The van der Waals surface area contributed by atoms with E-state index in [1.165, 1.54) is 0 Å². The molecule has 0 bridgehead atoms. The van der Waals surface area contributed by atoms with Crippen LogP contribution in [0.5, 0.6) is 5.75 Å². The zero-order chi connectivity index (χ0) is 20.9. The highest BCUT2D eigenvalue weighted by molar-refractivity contribution is 5.95. The fourth-order valence-electron chi connectivity index (χ4n) is 2.41. The molecule has 0 spiro atoms. The molecule has 154 valence electrons. The molecule has 2 rings (SSSR count). The number of unbranched alkanes of at least 4 members (excludes halogenated alkanes) is 1. The zero-order valence-electron chi connectivity index (χ0n) is 16.6. The Kier molecular flexibility index (Phi) is 9.21. The van der Waals surface area contributed by atoms with Gasteiger partial charge in [0, 0.05) is 24.9 Å². The third kappa shape index (κ3) is 8.47. The van der Waals surface area contributed by atoms with Crippen LogP contribution in [0.2, 0.25) is 0 Å². The van der Waals surface area contributed by atoms with Crippen LogP contribution in [0.25, 0.3) is 0 Å². The summed E-state index contributed by atoms with van der Waals surface area (Å²) in [4.78, 5) is 35.7. The predicted octanol–water partition coefficient (Wildman–Crippen LogP) is 2.72. The lowest BCUT2D eigenvalue weighted by Crippen LogP contribution is -2.42. The number of benzene rings is 2. The Hall–Kier alpha value is -3.35. The highest BCUT2D eigenvalue weighted by Crippen LogP contribution is 2.12. The molecule has 7 nitrogen and oxygen atoms in total. The first-order chi connectivity index (χ1) is 14.1. The molecule has 0 atom stereocenters. The van der Waals surface area contributed by atoms with Crippen LogP contribution in [-0.4, -0.2) is 24.3 Å². The van der Waals surface area contributed by atoms with E-state index in [2.05, 4.69) is 23.1 Å². The summed E-state index contributed by atoms with van der Waals surface area (Å²) in [5.74, 6) is -0.408. The SMILES string of the molecule is CCCCOc1ccc(C(=O)NNC(=O)CCC(=O)NCc2ccccc2)cc1. The van der Waals surface area contributed by atoms with E-state index >= 15 is 0 Å². The number of ether oxygens (including phenoxy) is 1. The lowest BCUT2D eigenvalue weighted by molar-refractivity contribution is -0.126. The molecular formula is C22H27N3O4. The van der Waals surface area contributed by atoms with E-state index in [9.17, 15) is 14.4 Å². The van der Waals surface area contributed by atoms with Gasteiger partial charge in [0.1, 0.15) is 5.75 Å². The molecule has 3 N–H and O–H groups in total. The highest BCUT2D eigenvalue weighted by atomic mass is 16.5. The predicted molar refractivity (Wildman–Crippen MR) is 110 cm³/mol. The molecule has 3 amide bonds. The normalized spacial score (nSPS) is 10.1. The van der Waals surface area contributed by atoms with Gasteiger partial charge in [0.15, 0.2) is 0 Å². The average molecular weight is 397 g/mol. The lowest BCUT2D eigenvalue weighted by Gasteiger charge is -2.09. The average Bonchev–Trinajstić information content (AvgIpc) is 2.76. The molecule has 0 heterocycles. The molecular weight excluding hydrogens is 370 g/mol. The van der Waals surface area contributed by atoms with Gasteiger partial charge < -0.3 is 10.1 Å². The van der Waals surface area contributed by atoms with E-state index in [-0.39, 0.29) is 18.7 Å². The molecule has 2 aromatic carbocycles. The first-order valence-corrected chi connectivity index (χ1v) is 9.71. The van der Waals surface area contributed by atoms with Crippen LogP contribution in [-0.2, 0) is 16.1 Å². The Morgan fingerprint density at radius 2 is 1.55 bits per heavy atom. The third-order valence-corrected chi connectivity index (χ3v) is 4.11. The van der Waals surface area contributed by atoms with Gasteiger partial charge in [-0.1, -0.05) is 43.7 Å². The largest absolute Gasteiger partial charge is 0.494 e. The molecule has 0 saturated carbocycles. The summed E-state index contributed by atoms with van der Waals surface area (Å²) in [5.41, 5.74) is 6.04. The van der Waals surface area contributed by atoms with Crippen molar-refractivity contribution in [3.05, 3.63) is 65.7 Å². The van der Waals surface area contributed by atoms with Crippen molar-refractivity contribution < 1.29 is 19.1 Å². The summed E-state index contributed by atoms with van der Waals surface area (Å²) in [5, 5.41) is 2.75. The van der Waals surface area contributed by atoms with Crippen LogP contribution in [0.1, 0.15) is 48.5 Å². The molecule has 0 radical (unpaired) electrons. The van der Waals surface area contributed by atoms with Crippen LogP contribution in [0.4, 0.5) is 0 Å². The van der Waals surface area contributed by atoms with Crippen LogP contribution >= 0.6 is 0 Å². The fraction of sp³-hybridized carbons (Fsp3) is 0.318. The van der Waals surface area contributed by atoms with E-state index < -0.39 is 11.8 Å². The third-order valence-electron chi connectivity index (χ3n) is 4.11. The second-order valence-corrected chi connectivity index (χ2v) is 6.49. The zero-order valence-corrected chi connectivity index (χ0v) is 16.6. The number of hydrogen-bond acceptors (Lipinski definition) is 4. The Labute approximate surface area is 170 Å². The first kappa shape index (κ1) is 21.9. The summed E-state index contributed by atoms with van der Waals surface area (Å²) in [6.45, 7) is 3.13. The Morgan fingerprint density at radius 1 is 0.862 bits per heavy atom. The van der Waals surface area contributed by atoms with E-state index in [1.54, 1.807) is 24.3 Å². The smallest absolute Gasteiger partial charge is 0.269 e. The van der Waals surface area contributed by atoms with Crippen molar-refractivity contribution in [3.8, 4) is 5.75 Å². The van der Waals surface area contributed by atoms with Gasteiger partial charge in [0.05, 0.1) is 6.61 Å². The maximum absolute atomic E-state index is 12.1. The standard InChI is InChI=1S/C22H27N3O4/c1-2-3-15-29-19-11-9-18(10-12-19)22(28)25-24-21(27)14-13-20(26)23-16-17-7-5-4-6-8-17/h4-12H,2-3,13-16H2,1H3,(H,23,26)(H,24,27)(H,25,28). The van der Waals surface area contributed by atoms with Crippen molar-refractivity contribution in [2.45, 2.75) is 39.2 Å². The van der Waals surface area contributed by atoms with Crippen LogP contribution in [0, 0.1) is 0 Å². The molecule has 0 aliphatic rings. The number of amides is 3. The van der Waals surface area contributed by atoms with E-state index in [0.717, 1.165) is 18.4 Å². The van der Waals surface area contributed by atoms with Crippen molar-refractivity contribution in [1.29, 1.82) is 0 Å². The van der Waals surface area contributed by atoms with Gasteiger partial charge in [-0.3, -0.25) is 25.2 Å². The van der Waals surface area contributed by atoms with Crippen LogP contribution in [0.15, 0.2) is 54.6 Å². The fourth-order valence-corrected chi connectivity index (χ4v) is 2.41. The molecule has 29 heavy (non-hydrogen) atoms. The van der Waals surface area contributed by atoms with Gasteiger partial charge in [-0.05, 0) is 36.2 Å². The van der Waals surface area contributed by atoms with E-state index in [4.69, 9.17) is 4.74 Å². The van der Waals surface area contributed by atoms with Crippen LogP contribution < -0.4 is 20.9 Å². The van der Waals surface area contributed by atoms with Crippen molar-refractivity contribution in [3.63, 3.8) is 0 Å². The molecule has 0 saturated heterocycles. The molecule has 0 aliphatic carbocycles. The van der Waals surface area contributed by atoms with Gasteiger partial charge >= 0.3 is 0 Å². The minimum atomic E-state index is -0.438. The number of nitrogens with one attached hydrogen (secondary N) is 3. The molecule has 0 unspecified atom stereocenters. The Morgan fingerprint density at radius 3 is 2.24 bits per heavy atom. The lowest BCUT2D eigenvalue weighted by atomic mass is 10.2. The summed E-state index contributed by atoms with van der Waals surface area (Å²) < 4.78 is 5.54. The second-order valence-electron chi connectivity index (χ2n) is 6.49. The molecule has 2 aromatic rings. The monoisotopic (exact) mass is 397 g/mol. The van der Waals surface area contributed by atoms with E-state index in [0.29, 0.717) is 24.5 Å². The van der Waals surface area contributed by atoms with Crippen molar-refractivity contribution in [2.75, 3.05) is 6.61 Å². The number of rotatable bonds is 10. The summed E-state index contributed by atoms with van der Waals surface area (Å²) >= 11 is 0. The quantitative estimate of drug-likeness (QED) is 0.424. The van der Waals surface area contributed by atoms with Crippen molar-refractivity contribution >= 4 is 17.7 Å². The maximum atomic E-state index is 12.1. The van der Waals surface area contributed by atoms with Gasteiger partial charge in [0.25, 0.3) is 5.91 Å². The summed E-state index contributed by atoms with van der Waals surface area (Å²) in [7, 11) is 0. The Balaban J connectivity index is 1.65. The Bertz CT molecular complexity index is 791. The van der Waals surface area contributed by atoms with Gasteiger partial charge in [-0.25, -0.2) is 0 Å². The van der Waals surface area contributed by atoms with Crippen molar-refractivity contribution in [1.82, 2.24) is 16.2 Å². The van der Waals surface area contributed by atoms with Crippen molar-refractivity contribution in [2.24, 2.45) is 0 Å². The minimum Gasteiger partial charge on any atom is -0.494 e. The topological polar surface area (TPSA) is 96.5 Å². The van der Waals surface area contributed by atoms with E-state index in [1.807, 2.05) is 30.3 Å². The molecule has 0 aromatic heterocycles. The van der Waals surface area contributed by atoms with Gasteiger partial charge in [-0.15, -0.1) is 0 Å². The highest BCUT2D eigenvalue weighted by Gasteiger charge is 2.10. The number of carbonyl (C=O) groups excluding carboxylic acids is 3. The molecule has 7 heteroatoms. The van der Waals surface area contributed by atoms with Gasteiger partial charge in [-0.2, -0.15) is 0 Å². The molecule has 0 fully saturated rings. The number of carbonyl (C=O) groups is 3. The van der Waals surface area contributed by atoms with Gasteiger partial charge in [0.2, 0.25) is 11.8 Å². The summed E-state index contributed by atoms with van der Waals surface area (Å²) in [6.07, 6.45) is 2.04.